The molecule has 0 bridgehead atoms. The quantitative estimate of drug-likeness (QED) is 0.274. The molecule has 1 fully saturated rings. The number of carbonyl (C=O) groups is 1. The number of likely N-dealkylation sites (N-methyl/N-ethyl adjacent to an activating group) is 1. The molecule has 2 aromatic rings. The molecule has 2 atom stereocenters. The fourth-order valence-electron chi connectivity index (χ4n) is 3.49. The molecular weight excluding hydrogens is 382 g/mol. The topological polar surface area (TPSA) is 153 Å². The molecule has 1 aromatic heterocycles. The number of hydrazone groups is 1. The molecule has 10 nitrogen and oxygen atoms in total. The molecule has 0 aliphatic heterocycles. The molecule has 0 radical (unpaired) electrons. The standard InChI is InChI=1S/C20H27N9O/c1-23-16-7-2-3-8-17(16)27-20-24-12-15(18(22)30)19(28-20)26-13-5-4-6-14(11-13)29-25-10-9-21/h4-6,9-12,16-17,21,23,29H,2-3,7-8H2,1H3,(H2,22,30)(H2,24,26,27,28)/b21-9?,25-10-/t16-,17+/m0/s1. The molecule has 158 valence electrons. The summed E-state index contributed by atoms with van der Waals surface area (Å²) < 4.78 is 0. The zero-order valence-electron chi connectivity index (χ0n) is 16.9. The second-order valence-electron chi connectivity index (χ2n) is 7.01. The molecule has 7 N–H and O–H groups in total. The van der Waals surface area contributed by atoms with Crippen molar-refractivity contribution in [3.63, 3.8) is 0 Å². The lowest BCUT2D eigenvalue weighted by atomic mass is 9.90. The van der Waals surface area contributed by atoms with Gasteiger partial charge in [0.05, 0.1) is 11.9 Å². The van der Waals surface area contributed by atoms with Crippen LogP contribution in [0.15, 0.2) is 35.6 Å². The molecule has 3 rings (SSSR count). The number of hydrogen-bond donors (Lipinski definition) is 6. The number of anilines is 4. The summed E-state index contributed by atoms with van der Waals surface area (Å²) in [6.45, 7) is 0. The van der Waals surface area contributed by atoms with Crippen LogP contribution in [0.1, 0.15) is 36.0 Å². The third-order valence-electron chi connectivity index (χ3n) is 4.97. The molecule has 1 heterocycles. The van der Waals surface area contributed by atoms with E-state index in [1.54, 1.807) is 6.07 Å². The van der Waals surface area contributed by atoms with Gasteiger partial charge in [0.25, 0.3) is 5.91 Å². The van der Waals surface area contributed by atoms with Crippen molar-refractivity contribution in [3.05, 3.63) is 36.0 Å². The molecule has 1 amide bonds. The number of amides is 1. The van der Waals surface area contributed by atoms with Crippen molar-refractivity contribution in [3.8, 4) is 0 Å². The van der Waals surface area contributed by atoms with E-state index in [4.69, 9.17) is 11.1 Å². The highest BCUT2D eigenvalue weighted by atomic mass is 16.1. The van der Waals surface area contributed by atoms with Crippen LogP contribution in [0.3, 0.4) is 0 Å². The van der Waals surface area contributed by atoms with Gasteiger partial charge in [0.2, 0.25) is 5.95 Å². The number of benzene rings is 1. The summed E-state index contributed by atoms with van der Waals surface area (Å²) in [5, 5.41) is 20.7. The van der Waals surface area contributed by atoms with Crippen LogP contribution in [-0.4, -0.2) is 47.4 Å². The van der Waals surface area contributed by atoms with Gasteiger partial charge in [-0.05, 0) is 38.1 Å². The summed E-state index contributed by atoms with van der Waals surface area (Å²) in [7, 11) is 1.96. The SMILES string of the molecule is CN[C@H]1CCCC[C@H]1Nc1ncc(C(N)=O)c(Nc2cccc(N/N=C\C=N)c2)n1. The van der Waals surface area contributed by atoms with Crippen molar-refractivity contribution in [1.82, 2.24) is 15.3 Å². The van der Waals surface area contributed by atoms with E-state index in [1.807, 2.05) is 25.2 Å². The first kappa shape index (κ1) is 21.2. The summed E-state index contributed by atoms with van der Waals surface area (Å²) in [6, 6.07) is 7.86. The number of nitrogens with one attached hydrogen (secondary N) is 5. The minimum atomic E-state index is -0.611. The molecular formula is C20H27N9O. The Morgan fingerprint density at radius 3 is 2.77 bits per heavy atom. The Hall–Kier alpha value is -3.53. The van der Waals surface area contributed by atoms with Gasteiger partial charge in [-0.2, -0.15) is 10.1 Å². The van der Waals surface area contributed by atoms with Crippen LogP contribution in [0.2, 0.25) is 0 Å². The Bertz CT molecular complexity index is 915. The highest BCUT2D eigenvalue weighted by Crippen LogP contribution is 2.24. The molecule has 1 aliphatic rings. The molecule has 0 spiro atoms. The predicted octanol–water partition coefficient (Wildman–Crippen LogP) is 2.31. The molecule has 0 saturated heterocycles. The Morgan fingerprint density at radius 2 is 2.03 bits per heavy atom. The van der Waals surface area contributed by atoms with Crippen LogP contribution >= 0.6 is 0 Å². The van der Waals surface area contributed by atoms with E-state index in [0.717, 1.165) is 25.5 Å². The minimum Gasteiger partial charge on any atom is -0.365 e. The molecule has 1 aliphatic carbocycles. The average molecular weight is 409 g/mol. The van der Waals surface area contributed by atoms with Gasteiger partial charge < -0.3 is 27.1 Å². The monoisotopic (exact) mass is 409 g/mol. The molecule has 30 heavy (non-hydrogen) atoms. The summed E-state index contributed by atoms with van der Waals surface area (Å²) in [6.07, 6.45) is 8.32. The Labute approximate surface area is 175 Å². The van der Waals surface area contributed by atoms with Gasteiger partial charge in [0.1, 0.15) is 11.4 Å². The molecule has 1 saturated carbocycles. The second kappa shape index (κ2) is 10.3. The van der Waals surface area contributed by atoms with Crippen molar-refractivity contribution >= 4 is 41.5 Å². The fourth-order valence-corrected chi connectivity index (χ4v) is 3.49. The molecule has 10 heteroatoms. The average Bonchev–Trinajstić information content (AvgIpc) is 2.74. The second-order valence-corrected chi connectivity index (χ2v) is 7.01. The predicted molar refractivity (Wildman–Crippen MR) is 120 cm³/mol. The van der Waals surface area contributed by atoms with Crippen LogP contribution in [-0.2, 0) is 0 Å². The maximum Gasteiger partial charge on any atom is 0.254 e. The number of primary amides is 1. The highest BCUT2D eigenvalue weighted by Gasteiger charge is 2.24. The van der Waals surface area contributed by atoms with Crippen molar-refractivity contribution in [2.45, 2.75) is 37.8 Å². The van der Waals surface area contributed by atoms with Gasteiger partial charge in [-0.1, -0.05) is 18.9 Å². The van der Waals surface area contributed by atoms with Gasteiger partial charge in [-0.25, -0.2) is 4.98 Å². The number of nitrogens with two attached hydrogens (primary N) is 1. The van der Waals surface area contributed by atoms with E-state index in [0.29, 0.717) is 29.2 Å². The van der Waals surface area contributed by atoms with Gasteiger partial charge in [0.15, 0.2) is 0 Å². The third kappa shape index (κ3) is 5.51. The lowest BCUT2D eigenvalue weighted by Crippen LogP contribution is -2.44. The Balaban J connectivity index is 1.81. The first-order chi connectivity index (χ1) is 14.6. The van der Waals surface area contributed by atoms with Crippen molar-refractivity contribution in [1.29, 1.82) is 5.41 Å². The van der Waals surface area contributed by atoms with E-state index >= 15 is 0 Å². The van der Waals surface area contributed by atoms with Crippen LogP contribution in [0.4, 0.5) is 23.1 Å². The number of nitrogens with zero attached hydrogens (tertiary/aromatic N) is 3. The largest absolute Gasteiger partial charge is 0.365 e. The molecule has 1 aromatic carbocycles. The summed E-state index contributed by atoms with van der Waals surface area (Å²) in [4.78, 5) is 20.7. The van der Waals surface area contributed by atoms with Crippen molar-refractivity contribution in [2.75, 3.05) is 23.1 Å². The fraction of sp³-hybridized carbons (Fsp3) is 0.350. The van der Waals surface area contributed by atoms with Crippen LogP contribution in [0.5, 0.6) is 0 Å². The Kier molecular flexibility index (Phi) is 7.28. The molecule has 0 unspecified atom stereocenters. The number of carbonyl (C=O) groups excluding carboxylic acids is 1. The maximum absolute atomic E-state index is 11.9. The van der Waals surface area contributed by atoms with E-state index < -0.39 is 5.91 Å². The van der Waals surface area contributed by atoms with E-state index in [1.165, 1.54) is 18.8 Å². The highest BCUT2D eigenvalue weighted by molar-refractivity contribution is 6.14. The lowest BCUT2D eigenvalue weighted by molar-refractivity contribution is 0.100. The number of rotatable bonds is 9. The summed E-state index contributed by atoms with van der Waals surface area (Å²) in [5.74, 6) is 0.163. The maximum atomic E-state index is 11.9. The van der Waals surface area contributed by atoms with Crippen molar-refractivity contribution < 1.29 is 4.79 Å². The normalized spacial score (nSPS) is 18.7. The lowest BCUT2D eigenvalue weighted by Gasteiger charge is -2.32. The zero-order valence-corrected chi connectivity index (χ0v) is 16.9. The first-order valence-electron chi connectivity index (χ1n) is 9.86. The van der Waals surface area contributed by atoms with Crippen LogP contribution in [0.25, 0.3) is 0 Å². The number of hydrogen-bond acceptors (Lipinski definition) is 9. The smallest absolute Gasteiger partial charge is 0.254 e. The minimum absolute atomic E-state index is 0.203. The van der Waals surface area contributed by atoms with E-state index in [-0.39, 0.29) is 11.6 Å². The van der Waals surface area contributed by atoms with E-state index in [2.05, 4.69) is 36.4 Å². The number of aromatic nitrogens is 2. The summed E-state index contributed by atoms with van der Waals surface area (Å²) in [5.41, 5.74) is 9.95. The zero-order chi connectivity index (χ0) is 21.3. The van der Waals surface area contributed by atoms with Gasteiger partial charge in [-0.3, -0.25) is 10.2 Å². The van der Waals surface area contributed by atoms with Gasteiger partial charge >= 0.3 is 0 Å². The van der Waals surface area contributed by atoms with Crippen LogP contribution in [0, 0.1) is 5.41 Å². The van der Waals surface area contributed by atoms with Crippen molar-refractivity contribution in [2.24, 2.45) is 10.8 Å². The summed E-state index contributed by atoms with van der Waals surface area (Å²) >= 11 is 0. The van der Waals surface area contributed by atoms with E-state index in [9.17, 15) is 4.79 Å². The Morgan fingerprint density at radius 1 is 1.27 bits per heavy atom. The van der Waals surface area contributed by atoms with Gasteiger partial charge in [-0.15, -0.1) is 0 Å². The van der Waals surface area contributed by atoms with Crippen LogP contribution < -0.4 is 27.1 Å². The van der Waals surface area contributed by atoms with Gasteiger partial charge in [0, 0.05) is 30.2 Å². The first-order valence-corrected chi connectivity index (χ1v) is 9.86. The third-order valence-corrected chi connectivity index (χ3v) is 4.97.